The summed E-state index contributed by atoms with van der Waals surface area (Å²) in [5.41, 5.74) is 2.23. The maximum Gasteiger partial charge on any atom is 0.339 e. The van der Waals surface area contributed by atoms with Gasteiger partial charge in [0, 0.05) is 0 Å². The van der Waals surface area contributed by atoms with E-state index in [1.807, 2.05) is 6.92 Å². The molecule has 45 heavy (non-hydrogen) atoms. The molecule has 0 aliphatic rings. The molecule has 6 rings (SSSR count). The van der Waals surface area contributed by atoms with Crippen LogP contribution in [0.2, 0.25) is 0 Å². The highest BCUT2D eigenvalue weighted by atomic mass is 32.2. The summed E-state index contributed by atoms with van der Waals surface area (Å²) in [6.07, 6.45) is 0. The van der Waals surface area contributed by atoms with Gasteiger partial charge in [0.15, 0.2) is 14.7 Å². The summed E-state index contributed by atoms with van der Waals surface area (Å²) in [4.78, 5) is 3.78. The third-order valence-electron chi connectivity index (χ3n) is 6.80. The van der Waals surface area contributed by atoms with Gasteiger partial charge >= 0.3 is 10.1 Å². The molecule has 0 aliphatic heterocycles. The van der Waals surface area contributed by atoms with Crippen LogP contribution in [-0.4, -0.2) is 21.4 Å². The maximum atomic E-state index is 12.3. The molecule has 0 fully saturated rings. The molecule has 6 aromatic carbocycles. The van der Waals surface area contributed by atoms with Crippen LogP contribution in [0, 0.1) is 13.8 Å². The summed E-state index contributed by atoms with van der Waals surface area (Å²) in [6.45, 7) is 3.98. The van der Waals surface area contributed by atoms with Crippen molar-refractivity contribution < 1.29 is 25.6 Å². The number of hydrogen-bond donors (Lipinski definition) is 0. The van der Waals surface area contributed by atoms with Gasteiger partial charge in [-0.15, -0.1) is 0 Å². The number of rotatable bonds is 7. The highest BCUT2D eigenvalue weighted by molar-refractivity contribution is 7.97. The van der Waals surface area contributed by atoms with Crippen LogP contribution in [0.15, 0.2) is 170 Å². The van der Waals surface area contributed by atoms with Gasteiger partial charge in [0.1, 0.15) is 20.8 Å². The molecule has 0 saturated heterocycles. The van der Waals surface area contributed by atoms with Gasteiger partial charge in [-0.1, -0.05) is 83.9 Å². The van der Waals surface area contributed by atoms with Crippen molar-refractivity contribution >= 4 is 41.9 Å². The first kappa shape index (κ1) is 32.0. The minimum atomic E-state index is -4.55. The van der Waals surface area contributed by atoms with Crippen LogP contribution in [0.5, 0.6) is 5.75 Å². The van der Waals surface area contributed by atoms with Crippen molar-refractivity contribution in [2.24, 2.45) is 0 Å². The lowest BCUT2D eigenvalue weighted by Crippen LogP contribution is -2.09. The molecule has 0 atom stereocenters. The monoisotopic (exact) mass is 654 g/mol. The van der Waals surface area contributed by atoms with E-state index in [1.165, 1.54) is 68.8 Å². The van der Waals surface area contributed by atoms with Crippen molar-refractivity contribution in [3.63, 3.8) is 0 Å². The Morgan fingerprint density at radius 2 is 0.956 bits per heavy atom. The van der Waals surface area contributed by atoms with Gasteiger partial charge in [0.25, 0.3) is 0 Å². The molecule has 6 nitrogen and oxygen atoms in total. The van der Waals surface area contributed by atoms with E-state index < -0.39 is 20.2 Å². The lowest BCUT2D eigenvalue weighted by atomic mass is 10.1. The van der Waals surface area contributed by atoms with Gasteiger partial charge in [-0.3, -0.25) is 0 Å². The van der Waals surface area contributed by atoms with Gasteiger partial charge in [-0.25, -0.2) is 8.42 Å². The highest BCUT2D eigenvalue weighted by Crippen LogP contribution is 2.31. The number of benzene rings is 6. The van der Waals surface area contributed by atoms with Crippen molar-refractivity contribution in [3.05, 3.63) is 157 Å². The summed E-state index contributed by atoms with van der Waals surface area (Å²) >= 11 is 0. The predicted octanol–water partition coefficient (Wildman–Crippen LogP) is 7.91. The molecule has 0 spiro atoms. The Bertz CT molecular complexity index is 2070. The van der Waals surface area contributed by atoms with Gasteiger partial charge < -0.3 is 8.74 Å². The predicted molar refractivity (Wildman–Crippen MR) is 177 cm³/mol. The number of fused-ring (bicyclic) bond motifs is 1. The fourth-order valence-electron chi connectivity index (χ4n) is 4.48. The molecule has 0 N–H and O–H groups in total. The molecular weight excluding hydrogens is 625 g/mol. The van der Waals surface area contributed by atoms with E-state index in [-0.39, 0.29) is 26.4 Å². The second-order valence-electron chi connectivity index (χ2n) is 10.2. The lowest BCUT2D eigenvalue weighted by molar-refractivity contribution is 0.463. The van der Waals surface area contributed by atoms with Crippen LogP contribution in [-0.2, 0) is 31.1 Å². The standard InChI is InChI=1S/C19H17S.C17H14O6S2/c1-16-12-14-19(15-13-16)20(17-8-4-2-5-9-17)18-10-6-3-7-11-18;1-12-2-7-16(8-3-12)25(21,22)23-15-6-4-14-11-17(24(18,19)20)9-5-13(14)10-15/h2-15H,1H3;2-11H,1H3,(H,18,19,20)/q+1;/p-1. The quantitative estimate of drug-likeness (QED) is 0.0985. The SMILES string of the molecule is Cc1ccc(S(=O)(=O)Oc2ccc3cc(S(=O)(=O)[O-])ccc3c2)cc1.Cc1ccc([S+](c2ccccc2)c2ccccc2)cc1. The molecule has 0 amide bonds. The van der Waals surface area contributed by atoms with Crippen LogP contribution in [0.4, 0.5) is 0 Å². The number of aryl methyl sites for hydroxylation is 2. The number of hydrogen-bond acceptors (Lipinski definition) is 6. The summed E-state index contributed by atoms with van der Waals surface area (Å²) in [5, 5.41) is 1.03. The zero-order valence-corrected chi connectivity index (χ0v) is 27.0. The molecule has 0 aliphatic carbocycles. The second-order valence-corrected chi connectivity index (χ2v) is 15.2. The van der Waals surface area contributed by atoms with Gasteiger partial charge in [0.05, 0.1) is 15.8 Å². The van der Waals surface area contributed by atoms with E-state index in [2.05, 4.69) is 91.9 Å². The molecule has 228 valence electrons. The molecule has 9 heteroatoms. The first-order valence-electron chi connectivity index (χ1n) is 13.9. The topological polar surface area (TPSA) is 101 Å². The average molecular weight is 655 g/mol. The first-order valence-corrected chi connectivity index (χ1v) is 18.0. The van der Waals surface area contributed by atoms with E-state index in [9.17, 15) is 21.4 Å². The Labute approximate surface area is 267 Å². The Hall–Kier alpha value is -4.41. The van der Waals surface area contributed by atoms with Crippen LogP contribution in [0.3, 0.4) is 0 Å². The van der Waals surface area contributed by atoms with Gasteiger partial charge in [-0.2, -0.15) is 8.42 Å². The minimum Gasteiger partial charge on any atom is -0.744 e. The van der Waals surface area contributed by atoms with E-state index in [4.69, 9.17) is 4.18 Å². The van der Waals surface area contributed by atoms with Crippen molar-refractivity contribution in [3.8, 4) is 5.75 Å². The Kier molecular flexibility index (Phi) is 9.74. The van der Waals surface area contributed by atoms with Crippen LogP contribution in [0.25, 0.3) is 10.8 Å². The normalized spacial score (nSPS) is 11.6. The Morgan fingerprint density at radius 1 is 0.511 bits per heavy atom. The van der Waals surface area contributed by atoms with E-state index in [0.717, 1.165) is 5.56 Å². The largest absolute Gasteiger partial charge is 0.744 e. The molecule has 0 bridgehead atoms. The third kappa shape index (κ3) is 8.20. The van der Waals surface area contributed by atoms with Crippen molar-refractivity contribution in [1.29, 1.82) is 0 Å². The molecule has 0 saturated carbocycles. The Morgan fingerprint density at radius 3 is 1.49 bits per heavy atom. The lowest BCUT2D eigenvalue weighted by Gasteiger charge is -2.10. The first-order chi connectivity index (χ1) is 21.5. The maximum absolute atomic E-state index is 12.3. The van der Waals surface area contributed by atoms with Crippen LogP contribution < -0.4 is 4.18 Å². The molecular formula is C36H30O6S3. The van der Waals surface area contributed by atoms with Crippen molar-refractivity contribution in [2.75, 3.05) is 0 Å². The molecule has 0 radical (unpaired) electrons. The zero-order valence-electron chi connectivity index (χ0n) is 24.5. The smallest absolute Gasteiger partial charge is 0.339 e. The Balaban J connectivity index is 0.000000182. The van der Waals surface area contributed by atoms with Gasteiger partial charge in [0.2, 0.25) is 0 Å². The summed E-state index contributed by atoms with van der Waals surface area (Å²) < 4.78 is 62.9. The summed E-state index contributed by atoms with van der Waals surface area (Å²) in [6, 6.07) is 44.8. The molecule has 0 aromatic heterocycles. The molecule has 6 aromatic rings. The fourth-order valence-corrected chi connectivity index (χ4v) is 8.00. The van der Waals surface area contributed by atoms with E-state index >= 15 is 0 Å². The van der Waals surface area contributed by atoms with Crippen molar-refractivity contribution in [2.45, 2.75) is 38.3 Å². The third-order valence-corrected chi connectivity index (χ3v) is 11.1. The van der Waals surface area contributed by atoms with Crippen LogP contribution >= 0.6 is 0 Å². The summed E-state index contributed by atoms with van der Waals surface area (Å²) in [7, 11) is -8.55. The second kappa shape index (κ2) is 13.7. The van der Waals surface area contributed by atoms with E-state index in [1.54, 1.807) is 12.1 Å². The van der Waals surface area contributed by atoms with E-state index in [0.29, 0.717) is 10.8 Å². The minimum absolute atomic E-state index is 0.0229. The zero-order chi connectivity index (χ0) is 32.0. The fraction of sp³-hybridized carbons (Fsp3) is 0.0556. The highest BCUT2D eigenvalue weighted by Gasteiger charge is 2.27. The molecule has 0 heterocycles. The average Bonchev–Trinajstić information content (AvgIpc) is 3.03. The van der Waals surface area contributed by atoms with Crippen LogP contribution in [0.1, 0.15) is 11.1 Å². The van der Waals surface area contributed by atoms with Crippen molar-refractivity contribution in [1.82, 2.24) is 0 Å². The van der Waals surface area contributed by atoms with Gasteiger partial charge in [-0.05, 0) is 97.4 Å². The molecule has 0 unspecified atom stereocenters. The summed E-state index contributed by atoms with van der Waals surface area (Å²) in [5.74, 6) is 0.0887.